The zero-order valence-corrected chi connectivity index (χ0v) is 23.1. The van der Waals surface area contributed by atoms with Crippen LogP contribution in [0.4, 0.5) is 17.6 Å². The van der Waals surface area contributed by atoms with Crippen molar-refractivity contribution in [3.63, 3.8) is 0 Å². The van der Waals surface area contributed by atoms with Crippen LogP contribution in [0.3, 0.4) is 0 Å². The molecule has 2 heterocycles. The third-order valence-electron chi connectivity index (χ3n) is 7.36. The molecule has 0 saturated carbocycles. The van der Waals surface area contributed by atoms with Crippen LogP contribution in [0.2, 0.25) is 0 Å². The summed E-state index contributed by atoms with van der Waals surface area (Å²) in [6.45, 7) is 9.66. The molecule has 2 aliphatic rings. The molecule has 0 radical (unpaired) electrons. The molecular weight excluding hydrogens is 536 g/mol. The second-order valence-corrected chi connectivity index (χ2v) is 10.5. The predicted octanol–water partition coefficient (Wildman–Crippen LogP) is 6.13. The lowest BCUT2D eigenvalue weighted by molar-refractivity contribution is -0.138. The smallest absolute Gasteiger partial charge is 0.419 e. The Morgan fingerprint density at radius 2 is 1.17 bits per heavy atom. The van der Waals surface area contributed by atoms with Gasteiger partial charge in [0.1, 0.15) is 29.2 Å². The summed E-state index contributed by atoms with van der Waals surface area (Å²) in [6, 6.07) is 16.0. The van der Waals surface area contributed by atoms with Crippen molar-refractivity contribution >= 4 is 0 Å². The van der Waals surface area contributed by atoms with Crippen molar-refractivity contribution < 1.29 is 27.0 Å². The second-order valence-electron chi connectivity index (χ2n) is 10.5. The van der Waals surface area contributed by atoms with Gasteiger partial charge in [-0.05, 0) is 66.6 Å². The molecule has 2 fully saturated rings. The van der Waals surface area contributed by atoms with Gasteiger partial charge >= 0.3 is 6.18 Å². The van der Waals surface area contributed by atoms with Gasteiger partial charge in [-0.25, -0.2) is 4.39 Å². The minimum Gasteiger partial charge on any atom is -0.457 e. The van der Waals surface area contributed by atoms with Crippen molar-refractivity contribution in [1.82, 2.24) is 20.4 Å². The fourth-order valence-electron chi connectivity index (χ4n) is 5.17. The molecule has 0 spiro atoms. The number of nitrogens with zero attached hydrogens (tertiary/aromatic N) is 2. The summed E-state index contributed by atoms with van der Waals surface area (Å²) in [5.41, 5.74) is 1.25. The third-order valence-corrected chi connectivity index (χ3v) is 7.36. The lowest BCUT2D eigenvalue weighted by Crippen LogP contribution is -2.42. The predicted molar refractivity (Wildman–Crippen MR) is 150 cm³/mol. The van der Waals surface area contributed by atoms with Gasteiger partial charge in [0.05, 0.1) is 5.56 Å². The van der Waals surface area contributed by atoms with Crippen molar-refractivity contribution in [1.29, 1.82) is 0 Å². The van der Waals surface area contributed by atoms with Gasteiger partial charge < -0.3 is 20.1 Å². The molecule has 1 unspecified atom stereocenters. The summed E-state index contributed by atoms with van der Waals surface area (Å²) < 4.78 is 67.9. The van der Waals surface area contributed by atoms with Crippen molar-refractivity contribution in [3.8, 4) is 23.0 Å². The van der Waals surface area contributed by atoms with E-state index in [0.29, 0.717) is 29.2 Å². The van der Waals surface area contributed by atoms with E-state index in [4.69, 9.17) is 9.47 Å². The highest BCUT2D eigenvalue weighted by Gasteiger charge is 2.35. The first kappa shape index (κ1) is 29.3. The molecule has 0 amide bonds. The summed E-state index contributed by atoms with van der Waals surface area (Å²) in [5.74, 6) is 0.806. The highest BCUT2D eigenvalue weighted by molar-refractivity contribution is 5.45. The van der Waals surface area contributed by atoms with Gasteiger partial charge in [-0.2, -0.15) is 13.2 Å². The molecule has 41 heavy (non-hydrogen) atoms. The van der Waals surface area contributed by atoms with Crippen molar-refractivity contribution in [3.05, 3.63) is 82.9 Å². The van der Waals surface area contributed by atoms with Gasteiger partial charge in [-0.1, -0.05) is 12.1 Å². The molecule has 2 aliphatic heterocycles. The Hall–Kier alpha value is -3.18. The first-order chi connectivity index (χ1) is 19.7. The van der Waals surface area contributed by atoms with E-state index in [1.807, 2.05) is 12.1 Å². The number of piperazine rings is 2. The molecule has 1 atom stereocenters. The van der Waals surface area contributed by atoms with Gasteiger partial charge in [0, 0.05) is 71.0 Å². The van der Waals surface area contributed by atoms with Crippen LogP contribution in [0.15, 0.2) is 60.7 Å². The Labute approximate surface area is 238 Å². The average molecular weight is 573 g/mol. The Balaban J connectivity index is 1.27. The molecule has 0 bridgehead atoms. The first-order valence-corrected chi connectivity index (χ1v) is 14.0. The molecule has 0 aromatic heterocycles. The van der Waals surface area contributed by atoms with Gasteiger partial charge in [-0.15, -0.1) is 0 Å². The SMILES string of the molecule is CC(F)c1cc(CN2CCNCC2)ccc1Oc1ccc(Oc2ccc(CN3CCNCC3)cc2C(F)(F)F)cc1. The van der Waals surface area contributed by atoms with Crippen molar-refractivity contribution in [2.75, 3.05) is 52.4 Å². The number of hydrogen-bond donors (Lipinski definition) is 2. The number of benzene rings is 3. The molecule has 2 saturated heterocycles. The van der Waals surface area contributed by atoms with Crippen molar-refractivity contribution in [2.45, 2.75) is 32.4 Å². The van der Waals surface area contributed by atoms with Crippen LogP contribution in [0.5, 0.6) is 23.0 Å². The molecule has 5 rings (SSSR count). The van der Waals surface area contributed by atoms with Crippen LogP contribution in [-0.2, 0) is 19.3 Å². The molecule has 10 heteroatoms. The molecule has 2 N–H and O–H groups in total. The monoisotopic (exact) mass is 572 g/mol. The summed E-state index contributed by atoms with van der Waals surface area (Å²) in [4.78, 5) is 4.45. The van der Waals surface area contributed by atoms with Gasteiger partial charge in [0.15, 0.2) is 0 Å². The third kappa shape index (κ3) is 7.97. The lowest BCUT2D eigenvalue weighted by atomic mass is 10.1. The van der Waals surface area contributed by atoms with E-state index in [9.17, 15) is 17.6 Å². The lowest BCUT2D eigenvalue weighted by Gasteiger charge is -2.27. The zero-order chi connectivity index (χ0) is 28.8. The van der Waals surface area contributed by atoms with Crippen LogP contribution in [0, 0.1) is 0 Å². The summed E-state index contributed by atoms with van der Waals surface area (Å²) in [6.07, 6.45) is -5.79. The fraction of sp³-hybridized carbons (Fsp3) is 0.419. The minimum absolute atomic E-state index is 0.239. The standard InChI is InChI=1S/C31H36F4N4O2/c1-22(32)27-18-23(20-38-14-10-36-11-15-38)2-8-29(27)40-25-4-6-26(7-5-25)41-30-9-3-24(19-28(30)31(33,34)35)21-39-16-12-37-13-17-39/h2-9,18-19,22,36-37H,10-17,20-21H2,1H3. The summed E-state index contributed by atoms with van der Waals surface area (Å²) in [7, 11) is 0. The van der Waals surface area contributed by atoms with Crippen LogP contribution < -0.4 is 20.1 Å². The highest BCUT2D eigenvalue weighted by Crippen LogP contribution is 2.40. The molecule has 6 nitrogen and oxygen atoms in total. The van der Waals surface area contributed by atoms with E-state index >= 15 is 0 Å². The molecule has 3 aromatic rings. The number of halogens is 4. The second kappa shape index (κ2) is 13.2. The Kier molecular flexibility index (Phi) is 9.44. The maximum absolute atomic E-state index is 14.5. The van der Waals surface area contributed by atoms with Crippen molar-refractivity contribution in [2.24, 2.45) is 0 Å². The summed E-state index contributed by atoms with van der Waals surface area (Å²) >= 11 is 0. The quantitative estimate of drug-likeness (QED) is 0.301. The fourth-order valence-corrected chi connectivity index (χ4v) is 5.17. The topological polar surface area (TPSA) is 49.0 Å². The van der Waals surface area contributed by atoms with E-state index in [1.54, 1.807) is 36.4 Å². The number of nitrogens with one attached hydrogen (secondary N) is 2. The number of hydrogen-bond acceptors (Lipinski definition) is 6. The average Bonchev–Trinajstić information content (AvgIpc) is 2.96. The van der Waals surface area contributed by atoms with E-state index in [0.717, 1.165) is 64.5 Å². The number of rotatable bonds is 9. The maximum atomic E-state index is 14.5. The Morgan fingerprint density at radius 1 is 0.707 bits per heavy atom. The molecule has 3 aromatic carbocycles. The van der Waals surface area contributed by atoms with Gasteiger partial charge in [0.25, 0.3) is 0 Å². The molecule has 220 valence electrons. The van der Waals surface area contributed by atoms with Crippen LogP contribution in [0.25, 0.3) is 0 Å². The van der Waals surface area contributed by atoms with E-state index < -0.39 is 17.9 Å². The Morgan fingerprint density at radius 3 is 1.66 bits per heavy atom. The molecule has 0 aliphatic carbocycles. The van der Waals surface area contributed by atoms with Crippen LogP contribution >= 0.6 is 0 Å². The van der Waals surface area contributed by atoms with E-state index in [-0.39, 0.29) is 11.5 Å². The normalized spacial score (nSPS) is 17.8. The van der Waals surface area contributed by atoms with Gasteiger partial charge in [0.2, 0.25) is 0 Å². The highest BCUT2D eigenvalue weighted by atomic mass is 19.4. The first-order valence-electron chi connectivity index (χ1n) is 14.0. The summed E-state index contributed by atoms with van der Waals surface area (Å²) in [5, 5.41) is 6.57. The van der Waals surface area contributed by atoms with Crippen LogP contribution in [0.1, 0.15) is 35.3 Å². The largest absolute Gasteiger partial charge is 0.457 e. The van der Waals surface area contributed by atoms with Crippen LogP contribution in [-0.4, -0.2) is 62.2 Å². The zero-order valence-electron chi connectivity index (χ0n) is 23.1. The van der Waals surface area contributed by atoms with Gasteiger partial charge in [-0.3, -0.25) is 9.80 Å². The number of alkyl halides is 4. The van der Waals surface area contributed by atoms with E-state index in [2.05, 4.69) is 20.4 Å². The molecular formula is C31H36F4N4O2. The Bertz CT molecular complexity index is 1290. The number of ether oxygens (including phenoxy) is 2. The minimum atomic E-state index is -4.56. The maximum Gasteiger partial charge on any atom is 0.419 e. The van der Waals surface area contributed by atoms with E-state index in [1.165, 1.54) is 19.1 Å².